The number of nitriles is 1. The van der Waals surface area contributed by atoms with Gasteiger partial charge >= 0.3 is 12.1 Å². The summed E-state index contributed by atoms with van der Waals surface area (Å²) < 4.78 is 49.9. The molecule has 1 aliphatic rings. The van der Waals surface area contributed by atoms with E-state index in [-0.39, 0.29) is 22.0 Å². The number of ether oxygens (including phenoxy) is 2. The van der Waals surface area contributed by atoms with Crippen molar-refractivity contribution in [1.29, 1.82) is 5.26 Å². The van der Waals surface area contributed by atoms with Gasteiger partial charge in [-0.15, -0.1) is 0 Å². The topological polar surface area (TPSA) is 118 Å². The molecule has 200 valence electrons. The van der Waals surface area contributed by atoms with Crippen LogP contribution in [0.15, 0.2) is 51.5 Å². The summed E-state index contributed by atoms with van der Waals surface area (Å²) in [6.45, 7) is 0. The minimum absolute atomic E-state index is 0.000664. The van der Waals surface area contributed by atoms with Crippen LogP contribution in [0.25, 0.3) is 0 Å². The maximum absolute atomic E-state index is 13.1. The highest BCUT2D eigenvalue weighted by atomic mass is 79.9. The van der Waals surface area contributed by atoms with Gasteiger partial charge in [0.15, 0.2) is 0 Å². The van der Waals surface area contributed by atoms with E-state index < -0.39 is 46.4 Å². The first-order valence-electron chi connectivity index (χ1n) is 10.6. The summed E-state index contributed by atoms with van der Waals surface area (Å²) in [5, 5.41) is 14.3. The Morgan fingerprint density at radius 1 is 1.24 bits per heavy atom. The van der Waals surface area contributed by atoms with Crippen molar-refractivity contribution in [3.8, 4) is 11.8 Å². The number of thioether (sulfide) groups is 1. The van der Waals surface area contributed by atoms with Crippen molar-refractivity contribution in [2.24, 2.45) is 5.92 Å². The van der Waals surface area contributed by atoms with Crippen LogP contribution < -0.4 is 15.4 Å². The Kier molecular flexibility index (Phi) is 9.35. The van der Waals surface area contributed by atoms with Crippen LogP contribution in [0.2, 0.25) is 5.02 Å². The molecule has 2 aromatic rings. The fourth-order valence-corrected chi connectivity index (χ4v) is 5.34. The number of nitrogens with one attached hydrogen (secondary N) is 2. The van der Waals surface area contributed by atoms with Crippen LogP contribution in [0, 0.1) is 17.2 Å². The number of hydrogen-bond acceptors (Lipinski definition) is 7. The van der Waals surface area contributed by atoms with E-state index in [1.165, 1.54) is 13.2 Å². The van der Waals surface area contributed by atoms with Crippen molar-refractivity contribution >= 4 is 62.8 Å². The Labute approximate surface area is 232 Å². The standard InChI is InChI=1S/C24H18BrClF3N3O5S/c1-36-17-6-3-11(7-15(17)25)19-13(9-30)22(32-21(34)20(19)23(35)37-2)38-10-18(33)31-12-4-5-16(26)14(8-12)24(27,28)29/h3-8,19-20H,10H2,1-2H3,(H,31,33)(H,32,34)/t19-,20-/m1/s1. The van der Waals surface area contributed by atoms with Gasteiger partial charge in [0, 0.05) is 11.6 Å². The number of alkyl halides is 3. The van der Waals surface area contributed by atoms with Gasteiger partial charge < -0.3 is 20.1 Å². The molecule has 2 atom stereocenters. The monoisotopic (exact) mass is 631 g/mol. The van der Waals surface area contributed by atoms with Crippen molar-refractivity contribution in [1.82, 2.24) is 5.32 Å². The van der Waals surface area contributed by atoms with Gasteiger partial charge in [-0.2, -0.15) is 18.4 Å². The molecule has 0 saturated heterocycles. The Morgan fingerprint density at radius 2 is 1.95 bits per heavy atom. The molecule has 0 aromatic heterocycles. The van der Waals surface area contributed by atoms with Crippen LogP contribution in [0.1, 0.15) is 17.0 Å². The Morgan fingerprint density at radius 3 is 2.53 bits per heavy atom. The van der Waals surface area contributed by atoms with Gasteiger partial charge in [-0.1, -0.05) is 29.4 Å². The zero-order valence-electron chi connectivity index (χ0n) is 19.6. The minimum Gasteiger partial charge on any atom is -0.496 e. The average molecular weight is 633 g/mol. The zero-order chi connectivity index (χ0) is 28.2. The Hall–Kier alpha value is -3.21. The molecule has 14 heteroatoms. The van der Waals surface area contributed by atoms with E-state index >= 15 is 0 Å². The summed E-state index contributed by atoms with van der Waals surface area (Å²) in [4.78, 5) is 38.0. The summed E-state index contributed by atoms with van der Waals surface area (Å²) in [7, 11) is 2.57. The van der Waals surface area contributed by atoms with Gasteiger partial charge in [-0.3, -0.25) is 14.4 Å². The second-order valence-electron chi connectivity index (χ2n) is 7.75. The van der Waals surface area contributed by atoms with E-state index in [1.54, 1.807) is 18.2 Å². The highest BCUT2D eigenvalue weighted by Crippen LogP contribution is 2.42. The predicted molar refractivity (Wildman–Crippen MR) is 137 cm³/mol. The fraction of sp³-hybridized carbons (Fsp3) is 0.250. The lowest BCUT2D eigenvalue weighted by Gasteiger charge is -2.31. The number of nitrogens with zero attached hydrogens (tertiary/aromatic N) is 1. The smallest absolute Gasteiger partial charge is 0.417 e. The quantitative estimate of drug-likeness (QED) is 0.317. The number of esters is 1. The molecule has 2 amide bonds. The molecule has 0 saturated carbocycles. The third-order valence-corrected chi connectivity index (χ3v) is 7.39. The number of hydrogen-bond donors (Lipinski definition) is 2. The van der Waals surface area contributed by atoms with E-state index in [9.17, 15) is 32.8 Å². The normalized spacial score (nSPS) is 17.4. The summed E-state index contributed by atoms with van der Waals surface area (Å²) in [5.74, 6) is -4.63. The number of carbonyl (C=O) groups excluding carboxylic acids is 3. The van der Waals surface area contributed by atoms with Crippen LogP contribution in [-0.4, -0.2) is 37.8 Å². The predicted octanol–water partition coefficient (Wildman–Crippen LogP) is 5.24. The average Bonchev–Trinajstić information content (AvgIpc) is 2.86. The van der Waals surface area contributed by atoms with Gasteiger partial charge in [0.05, 0.1) is 51.7 Å². The summed E-state index contributed by atoms with van der Waals surface area (Å²) in [6, 6.07) is 9.71. The number of amides is 2. The molecule has 2 aromatic carbocycles. The van der Waals surface area contributed by atoms with Gasteiger partial charge in [-0.25, -0.2) is 0 Å². The highest BCUT2D eigenvalue weighted by molar-refractivity contribution is 9.10. The van der Waals surface area contributed by atoms with Gasteiger partial charge in [-0.05, 0) is 51.8 Å². The van der Waals surface area contributed by atoms with Crippen molar-refractivity contribution in [3.05, 3.63) is 67.6 Å². The van der Waals surface area contributed by atoms with Crippen molar-refractivity contribution in [2.75, 3.05) is 25.3 Å². The number of methoxy groups -OCH3 is 2. The molecule has 3 rings (SSSR count). The summed E-state index contributed by atoms with van der Waals surface area (Å²) in [6.07, 6.45) is -4.72. The van der Waals surface area contributed by atoms with Gasteiger partial charge in [0.1, 0.15) is 11.7 Å². The molecule has 38 heavy (non-hydrogen) atoms. The maximum atomic E-state index is 13.1. The molecular weight excluding hydrogens is 615 g/mol. The number of benzene rings is 2. The maximum Gasteiger partial charge on any atom is 0.417 e. The van der Waals surface area contributed by atoms with E-state index in [1.807, 2.05) is 6.07 Å². The Bertz CT molecular complexity index is 1360. The first kappa shape index (κ1) is 29.3. The zero-order valence-corrected chi connectivity index (χ0v) is 22.8. The van der Waals surface area contributed by atoms with Crippen LogP contribution in [0.3, 0.4) is 0 Å². The molecular formula is C24H18BrClF3N3O5S. The minimum atomic E-state index is -4.72. The molecule has 8 nitrogen and oxygen atoms in total. The summed E-state index contributed by atoms with van der Waals surface area (Å²) in [5.41, 5.74) is -0.814. The fourth-order valence-electron chi connectivity index (χ4n) is 3.71. The number of carbonyl (C=O) groups is 3. The van der Waals surface area contributed by atoms with Gasteiger partial charge in [0.2, 0.25) is 11.8 Å². The molecule has 2 N–H and O–H groups in total. The van der Waals surface area contributed by atoms with Gasteiger partial charge in [0.25, 0.3) is 0 Å². The molecule has 1 aliphatic heterocycles. The van der Waals surface area contributed by atoms with Crippen molar-refractivity contribution < 1.29 is 37.0 Å². The van der Waals surface area contributed by atoms with Crippen LogP contribution in [0.5, 0.6) is 5.75 Å². The number of halogens is 5. The van der Waals surface area contributed by atoms with Crippen LogP contribution in [-0.2, 0) is 25.3 Å². The lowest BCUT2D eigenvalue weighted by molar-refractivity contribution is -0.150. The third-order valence-electron chi connectivity index (χ3n) is 5.42. The van der Waals surface area contributed by atoms with Crippen LogP contribution in [0.4, 0.5) is 18.9 Å². The lowest BCUT2D eigenvalue weighted by Crippen LogP contribution is -2.44. The lowest BCUT2D eigenvalue weighted by atomic mass is 9.78. The first-order valence-corrected chi connectivity index (χ1v) is 12.7. The van der Waals surface area contributed by atoms with Crippen LogP contribution >= 0.6 is 39.3 Å². The summed E-state index contributed by atoms with van der Waals surface area (Å²) >= 11 is 9.73. The molecule has 0 radical (unpaired) electrons. The van der Waals surface area contributed by atoms with E-state index in [2.05, 4.69) is 26.6 Å². The first-order chi connectivity index (χ1) is 17.9. The third kappa shape index (κ3) is 6.43. The van der Waals surface area contributed by atoms with E-state index in [0.29, 0.717) is 21.9 Å². The molecule has 0 fully saturated rings. The molecule has 0 bridgehead atoms. The molecule has 0 aliphatic carbocycles. The van der Waals surface area contributed by atoms with E-state index in [4.69, 9.17) is 21.1 Å². The number of anilines is 1. The molecule has 0 unspecified atom stereocenters. The SMILES string of the molecule is COC(=O)[C@H]1C(=O)NC(SCC(=O)Nc2ccc(Cl)c(C(F)(F)F)c2)=C(C#N)[C@H]1c1ccc(OC)c(Br)c1. The van der Waals surface area contributed by atoms with Crippen molar-refractivity contribution in [3.63, 3.8) is 0 Å². The number of allylic oxidation sites excluding steroid dienone is 1. The van der Waals surface area contributed by atoms with Crippen molar-refractivity contribution in [2.45, 2.75) is 12.1 Å². The highest BCUT2D eigenvalue weighted by Gasteiger charge is 2.44. The Balaban J connectivity index is 1.90. The second kappa shape index (κ2) is 12.1. The molecule has 0 spiro atoms. The number of rotatable bonds is 7. The largest absolute Gasteiger partial charge is 0.496 e. The van der Waals surface area contributed by atoms with E-state index in [0.717, 1.165) is 24.9 Å². The second-order valence-corrected chi connectivity index (χ2v) is 9.99. The molecule has 1 heterocycles.